The summed E-state index contributed by atoms with van der Waals surface area (Å²) < 4.78 is 5.12. The van der Waals surface area contributed by atoms with Gasteiger partial charge in [-0.1, -0.05) is 12.8 Å². The van der Waals surface area contributed by atoms with Crippen molar-refractivity contribution >= 4 is 17.3 Å². The Balaban J connectivity index is 1.51. The number of rotatable bonds is 12. The van der Waals surface area contributed by atoms with Gasteiger partial charge in [-0.3, -0.25) is 25.0 Å². The fourth-order valence-electron chi connectivity index (χ4n) is 2.34. The summed E-state index contributed by atoms with van der Waals surface area (Å²) in [7, 11) is 0. The van der Waals surface area contributed by atoms with Gasteiger partial charge >= 0.3 is 5.97 Å². The zero-order chi connectivity index (χ0) is 21.1. The quantitative estimate of drug-likeness (QED) is 0.127. The van der Waals surface area contributed by atoms with Gasteiger partial charge in [0.25, 0.3) is 11.4 Å². The van der Waals surface area contributed by atoms with E-state index in [2.05, 4.69) is 0 Å². The van der Waals surface area contributed by atoms with Gasteiger partial charge in [-0.05, 0) is 37.1 Å². The van der Waals surface area contributed by atoms with Crippen molar-refractivity contribution < 1.29 is 29.2 Å². The van der Waals surface area contributed by atoms with Crippen molar-refractivity contribution in [1.29, 1.82) is 0 Å². The van der Waals surface area contributed by atoms with Crippen LogP contribution >= 0.6 is 0 Å². The van der Waals surface area contributed by atoms with E-state index in [0.717, 1.165) is 19.3 Å². The summed E-state index contributed by atoms with van der Waals surface area (Å²) in [5.74, 6) is 0.263. The van der Waals surface area contributed by atoms with E-state index in [0.29, 0.717) is 18.8 Å². The number of nitro benzene ring substituents is 2. The first-order chi connectivity index (χ1) is 14.0. The van der Waals surface area contributed by atoms with Gasteiger partial charge in [-0.25, -0.2) is 0 Å². The molecule has 0 aliphatic heterocycles. The van der Waals surface area contributed by atoms with Crippen molar-refractivity contribution in [3.8, 4) is 11.5 Å². The average Bonchev–Trinajstić information content (AvgIpc) is 2.70. The van der Waals surface area contributed by atoms with Crippen molar-refractivity contribution in [2.45, 2.75) is 32.1 Å². The molecule has 2 rings (SSSR count). The summed E-state index contributed by atoms with van der Waals surface area (Å²) in [5, 5.41) is 21.1. The molecule has 0 N–H and O–H groups in total. The minimum Gasteiger partial charge on any atom is -0.427 e. The molecule has 10 heteroatoms. The predicted molar refractivity (Wildman–Crippen MR) is 101 cm³/mol. The lowest BCUT2D eigenvalue weighted by atomic mass is 10.1. The van der Waals surface area contributed by atoms with E-state index >= 15 is 0 Å². The van der Waals surface area contributed by atoms with Crippen LogP contribution in [0.5, 0.6) is 11.5 Å². The minimum atomic E-state index is -0.522. The van der Waals surface area contributed by atoms with Crippen LogP contribution in [-0.4, -0.2) is 22.4 Å². The van der Waals surface area contributed by atoms with Crippen LogP contribution in [0.25, 0.3) is 0 Å². The van der Waals surface area contributed by atoms with Gasteiger partial charge in [-0.2, -0.15) is 4.89 Å². The molecule has 0 aromatic heterocycles. The monoisotopic (exact) mass is 404 g/mol. The molecular weight excluding hydrogens is 384 g/mol. The third-order valence-corrected chi connectivity index (χ3v) is 3.84. The number of hydrogen-bond donors (Lipinski definition) is 0. The molecule has 0 heterocycles. The summed E-state index contributed by atoms with van der Waals surface area (Å²) in [4.78, 5) is 41.9. The first-order valence-corrected chi connectivity index (χ1v) is 8.95. The van der Waals surface area contributed by atoms with Crippen molar-refractivity contribution in [2.24, 2.45) is 0 Å². The number of nitro groups is 2. The highest BCUT2D eigenvalue weighted by Crippen LogP contribution is 2.19. The molecule has 154 valence electrons. The molecule has 0 amide bonds. The highest BCUT2D eigenvalue weighted by molar-refractivity contribution is 5.72. The van der Waals surface area contributed by atoms with Crippen molar-refractivity contribution in [3.05, 3.63) is 68.8 Å². The van der Waals surface area contributed by atoms with Crippen LogP contribution < -0.4 is 9.62 Å². The van der Waals surface area contributed by atoms with E-state index < -0.39 is 15.8 Å². The topological polar surface area (TPSA) is 131 Å². The number of esters is 1. The normalized spacial score (nSPS) is 10.3. The zero-order valence-corrected chi connectivity index (χ0v) is 15.5. The molecule has 10 nitrogen and oxygen atoms in total. The Morgan fingerprint density at radius 3 is 1.83 bits per heavy atom. The summed E-state index contributed by atoms with van der Waals surface area (Å²) in [6.07, 6.45) is 3.25. The van der Waals surface area contributed by atoms with Gasteiger partial charge < -0.3 is 9.62 Å². The number of benzene rings is 2. The number of non-ortho nitro benzene ring substituents is 2. The molecule has 29 heavy (non-hydrogen) atoms. The molecule has 0 bridgehead atoms. The number of hydrogen-bond acceptors (Lipinski definition) is 8. The number of carbonyl (C=O) groups is 1. The lowest BCUT2D eigenvalue weighted by Crippen LogP contribution is -2.07. The molecule has 0 saturated heterocycles. The van der Waals surface area contributed by atoms with E-state index in [1.807, 2.05) is 0 Å². The molecule has 0 unspecified atom stereocenters. The standard InChI is InChI=1S/C19H20N2O8/c22-19(28-17-10-6-15(7-11-17)20(23)24)5-3-1-2-4-14-27-29-18-12-8-16(9-13-18)21(25)26/h6-13H,1-5,14H2. The second-order valence-electron chi connectivity index (χ2n) is 6.05. The van der Waals surface area contributed by atoms with Crippen LogP contribution in [0.15, 0.2) is 48.5 Å². The summed E-state index contributed by atoms with van der Waals surface area (Å²) in [5.41, 5.74) is -0.0889. The minimum absolute atomic E-state index is 0.0237. The SMILES string of the molecule is O=C(CCCCCCOOc1ccc([N+](=O)[O-])cc1)Oc1ccc([N+](=O)[O-])cc1. The Morgan fingerprint density at radius 2 is 1.28 bits per heavy atom. The lowest BCUT2D eigenvalue weighted by molar-refractivity contribution is -0.385. The van der Waals surface area contributed by atoms with Gasteiger partial charge in [-0.15, -0.1) is 0 Å². The Labute approximate surface area is 166 Å². The van der Waals surface area contributed by atoms with Gasteiger partial charge in [0.15, 0.2) is 5.75 Å². The maximum Gasteiger partial charge on any atom is 0.311 e. The lowest BCUT2D eigenvalue weighted by Gasteiger charge is -2.05. The van der Waals surface area contributed by atoms with Crippen molar-refractivity contribution in [3.63, 3.8) is 0 Å². The molecule has 0 aliphatic rings. The molecule has 0 fully saturated rings. The van der Waals surface area contributed by atoms with E-state index in [1.165, 1.54) is 48.5 Å². The summed E-state index contributed by atoms with van der Waals surface area (Å²) in [6, 6.07) is 10.9. The van der Waals surface area contributed by atoms with Crippen molar-refractivity contribution in [1.82, 2.24) is 0 Å². The van der Waals surface area contributed by atoms with E-state index in [1.54, 1.807) is 0 Å². The number of ether oxygens (including phenoxy) is 1. The smallest absolute Gasteiger partial charge is 0.311 e. The van der Waals surface area contributed by atoms with Gasteiger partial charge in [0.2, 0.25) is 0 Å². The molecule has 0 aliphatic carbocycles. The average molecular weight is 404 g/mol. The highest BCUT2D eigenvalue weighted by atomic mass is 17.2. The Kier molecular flexibility index (Phi) is 8.51. The second kappa shape index (κ2) is 11.3. The van der Waals surface area contributed by atoms with Gasteiger partial charge in [0.05, 0.1) is 16.5 Å². The van der Waals surface area contributed by atoms with Crippen molar-refractivity contribution in [2.75, 3.05) is 6.61 Å². The first kappa shape index (κ1) is 21.8. The largest absolute Gasteiger partial charge is 0.427 e. The van der Waals surface area contributed by atoms with E-state index in [9.17, 15) is 25.0 Å². The van der Waals surface area contributed by atoms with Crippen LogP contribution in [-0.2, 0) is 9.68 Å². The van der Waals surface area contributed by atoms with E-state index in [-0.39, 0.29) is 23.5 Å². The molecule has 0 spiro atoms. The molecule has 2 aromatic rings. The summed E-state index contributed by atoms with van der Waals surface area (Å²) >= 11 is 0. The predicted octanol–water partition coefficient (Wildman–Crippen LogP) is 4.37. The maximum atomic E-state index is 11.7. The van der Waals surface area contributed by atoms with Crippen LogP contribution in [0.4, 0.5) is 11.4 Å². The van der Waals surface area contributed by atoms with Gasteiger partial charge in [0.1, 0.15) is 5.75 Å². The highest BCUT2D eigenvalue weighted by Gasteiger charge is 2.08. The fraction of sp³-hybridized carbons (Fsp3) is 0.316. The fourth-order valence-corrected chi connectivity index (χ4v) is 2.34. The van der Waals surface area contributed by atoms with Gasteiger partial charge in [0, 0.05) is 30.7 Å². The Bertz CT molecular complexity index is 821. The molecule has 0 atom stereocenters. The zero-order valence-electron chi connectivity index (χ0n) is 15.5. The molecular formula is C19H20N2O8. The van der Waals surface area contributed by atoms with Crippen LogP contribution in [0, 0.1) is 20.2 Å². The molecule has 0 radical (unpaired) electrons. The number of unbranched alkanes of at least 4 members (excludes halogenated alkanes) is 3. The number of nitrogens with zero attached hydrogens (tertiary/aromatic N) is 2. The van der Waals surface area contributed by atoms with Crippen LogP contribution in [0.1, 0.15) is 32.1 Å². The maximum absolute atomic E-state index is 11.7. The molecule has 0 saturated carbocycles. The summed E-state index contributed by atoms with van der Waals surface area (Å²) in [6.45, 7) is 0.351. The second-order valence-corrected chi connectivity index (χ2v) is 6.05. The Morgan fingerprint density at radius 1 is 0.759 bits per heavy atom. The van der Waals surface area contributed by atoms with Crippen LogP contribution in [0.2, 0.25) is 0 Å². The molecule has 2 aromatic carbocycles. The van der Waals surface area contributed by atoms with E-state index in [4.69, 9.17) is 14.5 Å². The third kappa shape index (κ3) is 7.93. The van der Waals surface area contributed by atoms with Crippen LogP contribution in [0.3, 0.4) is 0 Å². The number of carbonyl (C=O) groups excluding carboxylic acids is 1. The first-order valence-electron chi connectivity index (χ1n) is 8.95. The Hall–Kier alpha value is -3.53. The third-order valence-electron chi connectivity index (χ3n) is 3.84.